The van der Waals surface area contributed by atoms with E-state index < -0.39 is 11.7 Å². The first-order valence-electron chi connectivity index (χ1n) is 8.55. The van der Waals surface area contributed by atoms with Gasteiger partial charge in [-0.1, -0.05) is 37.8 Å². The fourth-order valence-corrected chi connectivity index (χ4v) is 3.22. The Morgan fingerprint density at radius 1 is 1.16 bits per heavy atom. The predicted molar refractivity (Wildman–Crippen MR) is 90.4 cm³/mol. The lowest BCUT2D eigenvalue weighted by molar-refractivity contribution is 0.0705. The molecule has 0 aliphatic heterocycles. The van der Waals surface area contributed by atoms with E-state index in [0.717, 1.165) is 12.3 Å². The van der Waals surface area contributed by atoms with Crippen LogP contribution in [-0.2, 0) is 0 Å². The zero-order valence-corrected chi connectivity index (χ0v) is 13.9. The van der Waals surface area contributed by atoms with Crippen molar-refractivity contribution in [2.75, 3.05) is 0 Å². The van der Waals surface area contributed by atoms with E-state index in [2.05, 4.69) is 4.98 Å². The van der Waals surface area contributed by atoms with Gasteiger partial charge in [-0.05, 0) is 42.5 Å². The molecule has 1 aliphatic rings. The number of halogens is 1. The third-order valence-electron chi connectivity index (χ3n) is 4.59. The van der Waals surface area contributed by atoms with Gasteiger partial charge in [-0.3, -0.25) is 10.0 Å². The Hall–Kier alpha value is -2.47. The SMILES string of the molecule is O=C(NO)c1cnc(Oc2ccc(C3CCCCCC3)cc2)c(F)c1. The van der Waals surface area contributed by atoms with Crippen LogP contribution in [0.25, 0.3) is 0 Å². The average Bonchev–Trinajstić information content (AvgIpc) is 2.93. The molecule has 1 heterocycles. The van der Waals surface area contributed by atoms with Crippen LogP contribution in [0.4, 0.5) is 4.39 Å². The van der Waals surface area contributed by atoms with Crippen molar-refractivity contribution in [1.82, 2.24) is 10.5 Å². The number of ether oxygens (including phenoxy) is 1. The number of nitrogens with one attached hydrogen (secondary N) is 1. The molecule has 0 atom stereocenters. The maximum Gasteiger partial charge on any atom is 0.276 e. The van der Waals surface area contributed by atoms with Crippen molar-refractivity contribution in [3.8, 4) is 11.6 Å². The smallest absolute Gasteiger partial charge is 0.276 e. The van der Waals surface area contributed by atoms with E-state index in [9.17, 15) is 9.18 Å². The molecule has 0 bridgehead atoms. The number of carbonyl (C=O) groups excluding carboxylic acids is 1. The predicted octanol–water partition coefficient (Wildman–Crippen LogP) is 4.57. The lowest BCUT2D eigenvalue weighted by Crippen LogP contribution is -2.19. The molecule has 0 spiro atoms. The lowest BCUT2D eigenvalue weighted by Gasteiger charge is -2.15. The van der Waals surface area contributed by atoms with Gasteiger partial charge in [0, 0.05) is 6.20 Å². The van der Waals surface area contributed by atoms with Crippen LogP contribution in [0.2, 0.25) is 0 Å². The van der Waals surface area contributed by atoms with E-state index in [1.54, 1.807) is 0 Å². The molecular formula is C19H21FN2O3. The van der Waals surface area contributed by atoms with Crippen molar-refractivity contribution >= 4 is 5.91 Å². The standard InChI is InChI=1S/C19H21FN2O3/c20-17-11-15(18(23)22-24)12-21-19(17)25-16-9-7-14(8-10-16)13-5-3-1-2-4-6-13/h7-13,24H,1-6H2,(H,22,23). The molecule has 0 saturated heterocycles. The van der Waals surface area contributed by atoms with E-state index in [4.69, 9.17) is 9.94 Å². The maximum atomic E-state index is 14.0. The minimum Gasteiger partial charge on any atom is -0.436 e. The number of rotatable bonds is 4. The number of hydroxylamine groups is 1. The molecule has 1 amide bonds. The normalized spacial score (nSPS) is 15.4. The molecule has 3 rings (SSSR count). The Balaban J connectivity index is 1.70. The number of nitrogens with zero attached hydrogens (tertiary/aromatic N) is 1. The Kier molecular flexibility index (Phi) is 5.60. The molecular weight excluding hydrogens is 323 g/mol. The van der Waals surface area contributed by atoms with E-state index in [1.807, 2.05) is 24.3 Å². The number of carbonyl (C=O) groups is 1. The number of pyridine rings is 1. The minimum atomic E-state index is -0.828. The molecule has 2 aromatic rings. The van der Waals surface area contributed by atoms with Gasteiger partial charge in [0.1, 0.15) is 5.75 Å². The highest BCUT2D eigenvalue weighted by Crippen LogP contribution is 2.33. The van der Waals surface area contributed by atoms with E-state index in [1.165, 1.54) is 49.6 Å². The lowest BCUT2D eigenvalue weighted by atomic mass is 9.92. The second kappa shape index (κ2) is 8.07. The third-order valence-corrected chi connectivity index (χ3v) is 4.59. The highest BCUT2D eigenvalue weighted by Gasteiger charge is 2.15. The summed E-state index contributed by atoms with van der Waals surface area (Å²) in [6.45, 7) is 0. The second-order valence-corrected chi connectivity index (χ2v) is 6.31. The van der Waals surface area contributed by atoms with Crippen LogP contribution in [0, 0.1) is 5.82 Å². The van der Waals surface area contributed by atoms with Crippen LogP contribution >= 0.6 is 0 Å². The zero-order valence-electron chi connectivity index (χ0n) is 13.9. The number of aromatic nitrogens is 1. The Morgan fingerprint density at radius 3 is 2.44 bits per heavy atom. The summed E-state index contributed by atoms with van der Waals surface area (Å²) in [5.41, 5.74) is 2.64. The Morgan fingerprint density at radius 2 is 1.84 bits per heavy atom. The van der Waals surface area contributed by atoms with Gasteiger partial charge < -0.3 is 4.74 Å². The van der Waals surface area contributed by atoms with Crippen molar-refractivity contribution in [3.05, 3.63) is 53.5 Å². The first-order chi connectivity index (χ1) is 12.2. The molecule has 132 valence electrons. The topological polar surface area (TPSA) is 71.5 Å². The van der Waals surface area contributed by atoms with Gasteiger partial charge in [-0.25, -0.2) is 14.9 Å². The summed E-state index contributed by atoms with van der Waals surface area (Å²) in [4.78, 5) is 15.0. The molecule has 0 unspecified atom stereocenters. The molecule has 2 N–H and O–H groups in total. The van der Waals surface area contributed by atoms with Crippen molar-refractivity contribution < 1.29 is 19.1 Å². The third kappa shape index (κ3) is 4.33. The molecule has 25 heavy (non-hydrogen) atoms. The molecule has 1 aliphatic carbocycles. The van der Waals surface area contributed by atoms with Gasteiger partial charge in [-0.15, -0.1) is 0 Å². The molecule has 6 heteroatoms. The van der Waals surface area contributed by atoms with Crippen molar-refractivity contribution in [2.24, 2.45) is 0 Å². The summed E-state index contributed by atoms with van der Waals surface area (Å²) >= 11 is 0. The summed E-state index contributed by atoms with van der Waals surface area (Å²) < 4.78 is 19.5. The van der Waals surface area contributed by atoms with Gasteiger partial charge in [0.2, 0.25) is 0 Å². The van der Waals surface area contributed by atoms with Crippen LogP contribution in [-0.4, -0.2) is 16.1 Å². The van der Waals surface area contributed by atoms with Crippen molar-refractivity contribution in [2.45, 2.75) is 44.4 Å². The van der Waals surface area contributed by atoms with Crippen molar-refractivity contribution in [1.29, 1.82) is 0 Å². The second-order valence-electron chi connectivity index (χ2n) is 6.31. The Labute approximate surface area is 145 Å². The fourth-order valence-electron chi connectivity index (χ4n) is 3.22. The largest absolute Gasteiger partial charge is 0.436 e. The highest BCUT2D eigenvalue weighted by atomic mass is 19.1. The van der Waals surface area contributed by atoms with Crippen LogP contribution in [0.15, 0.2) is 36.5 Å². The van der Waals surface area contributed by atoms with Crippen molar-refractivity contribution in [3.63, 3.8) is 0 Å². The average molecular weight is 344 g/mol. The monoisotopic (exact) mass is 344 g/mol. The Bertz CT molecular complexity index is 726. The fraction of sp³-hybridized carbons (Fsp3) is 0.368. The summed E-state index contributed by atoms with van der Waals surface area (Å²) in [6.07, 6.45) is 8.73. The summed E-state index contributed by atoms with van der Waals surface area (Å²) in [7, 11) is 0. The van der Waals surface area contributed by atoms with Gasteiger partial charge in [0.15, 0.2) is 5.82 Å². The van der Waals surface area contributed by atoms with E-state index in [0.29, 0.717) is 11.7 Å². The molecule has 1 aromatic carbocycles. The van der Waals surface area contributed by atoms with Gasteiger partial charge in [0.25, 0.3) is 11.8 Å². The number of amides is 1. The first-order valence-corrected chi connectivity index (χ1v) is 8.55. The molecule has 1 saturated carbocycles. The quantitative estimate of drug-likeness (QED) is 0.484. The van der Waals surface area contributed by atoms with Gasteiger partial charge in [0.05, 0.1) is 5.56 Å². The van der Waals surface area contributed by atoms with Crippen LogP contribution in [0.1, 0.15) is 60.4 Å². The maximum absolute atomic E-state index is 14.0. The van der Waals surface area contributed by atoms with Crippen LogP contribution in [0.3, 0.4) is 0 Å². The minimum absolute atomic E-state index is 0.0870. The number of hydrogen-bond donors (Lipinski definition) is 2. The van der Waals surface area contributed by atoms with E-state index >= 15 is 0 Å². The number of hydrogen-bond acceptors (Lipinski definition) is 4. The highest BCUT2D eigenvalue weighted by molar-refractivity contribution is 5.93. The van der Waals surface area contributed by atoms with Gasteiger partial charge in [-0.2, -0.15) is 0 Å². The first kappa shape index (κ1) is 17.4. The molecule has 0 radical (unpaired) electrons. The van der Waals surface area contributed by atoms with Crippen LogP contribution < -0.4 is 10.2 Å². The zero-order chi connectivity index (χ0) is 17.6. The van der Waals surface area contributed by atoms with Gasteiger partial charge >= 0.3 is 0 Å². The summed E-state index contributed by atoms with van der Waals surface area (Å²) in [5.74, 6) is -0.734. The summed E-state index contributed by atoms with van der Waals surface area (Å²) in [6, 6.07) is 8.65. The molecule has 1 aromatic heterocycles. The number of benzene rings is 1. The van der Waals surface area contributed by atoms with E-state index in [-0.39, 0.29) is 11.4 Å². The molecule has 1 fully saturated rings. The summed E-state index contributed by atoms with van der Waals surface area (Å²) in [5, 5.41) is 8.55. The van der Waals surface area contributed by atoms with Crippen LogP contribution in [0.5, 0.6) is 11.6 Å². The molecule has 5 nitrogen and oxygen atoms in total.